The van der Waals surface area contributed by atoms with E-state index in [1.54, 1.807) is 12.1 Å². The van der Waals surface area contributed by atoms with E-state index in [1.165, 1.54) is 12.1 Å². The first kappa shape index (κ1) is 15.4. The molecule has 0 aliphatic rings. The molecule has 0 radical (unpaired) electrons. The zero-order valence-corrected chi connectivity index (χ0v) is 11.6. The van der Waals surface area contributed by atoms with Gasteiger partial charge in [-0.1, -0.05) is 18.2 Å². The molecule has 22 heavy (non-hydrogen) atoms. The molecule has 0 amide bonds. The van der Waals surface area contributed by atoms with E-state index in [2.05, 4.69) is 0 Å². The van der Waals surface area contributed by atoms with Crippen molar-refractivity contribution in [1.29, 1.82) is 0 Å². The molecule has 0 aliphatic heterocycles. The fourth-order valence-corrected chi connectivity index (χ4v) is 1.78. The summed E-state index contributed by atoms with van der Waals surface area (Å²) in [7, 11) is 0. The molecule has 0 aromatic heterocycles. The van der Waals surface area contributed by atoms with Crippen LogP contribution in [0.4, 0.5) is 0 Å². The first-order valence-corrected chi connectivity index (χ1v) is 6.49. The van der Waals surface area contributed by atoms with Gasteiger partial charge < -0.3 is 19.7 Å². The van der Waals surface area contributed by atoms with Crippen molar-refractivity contribution in [3.63, 3.8) is 0 Å². The second-order valence-electron chi connectivity index (χ2n) is 4.33. The summed E-state index contributed by atoms with van der Waals surface area (Å²) in [6, 6.07) is 12.8. The molecule has 2 rings (SSSR count). The fraction of sp³-hybridized carbons (Fsp3) is 0.125. The van der Waals surface area contributed by atoms with Crippen LogP contribution in [0.25, 0.3) is 0 Å². The van der Waals surface area contributed by atoms with Crippen molar-refractivity contribution in [1.82, 2.24) is 0 Å². The van der Waals surface area contributed by atoms with Crippen LogP contribution in [0.5, 0.6) is 11.5 Å². The number of rotatable bonds is 7. The van der Waals surface area contributed by atoms with E-state index in [-0.39, 0.29) is 30.1 Å². The lowest BCUT2D eigenvalue weighted by atomic mass is 10.1. The van der Waals surface area contributed by atoms with Gasteiger partial charge in [-0.2, -0.15) is 0 Å². The van der Waals surface area contributed by atoms with E-state index in [1.807, 2.05) is 18.2 Å². The van der Waals surface area contributed by atoms with Crippen LogP contribution in [0, 0.1) is 0 Å². The third-order valence-electron chi connectivity index (χ3n) is 2.81. The van der Waals surface area contributed by atoms with Gasteiger partial charge in [0.2, 0.25) is 0 Å². The SMILES string of the molecule is O=C(O)c1ccc(OCCOc2ccccc2)c(C(=O)O)c1. The first-order valence-electron chi connectivity index (χ1n) is 6.49. The summed E-state index contributed by atoms with van der Waals surface area (Å²) >= 11 is 0. The number of hydrogen-bond donors (Lipinski definition) is 2. The molecule has 114 valence electrons. The van der Waals surface area contributed by atoms with Gasteiger partial charge in [-0.25, -0.2) is 9.59 Å². The summed E-state index contributed by atoms with van der Waals surface area (Å²) in [5.41, 5.74) is -0.301. The highest BCUT2D eigenvalue weighted by Crippen LogP contribution is 2.20. The van der Waals surface area contributed by atoms with Crippen molar-refractivity contribution in [2.45, 2.75) is 0 Å². The number of ether oxygens (including phenoxy) is 2. The van der Waals surface area contributed by atoms with Crippen LogP contribution >= 0.6 is 0 Å². The van der Waals surface area contributed by atoms with Crippen molar-refractivity contribution in [2.75, 3.05) is 13.2 Å². The topological polar surface area (TPSA) is 93.1 Å². The smallest absolute Gasteiger partial charge is 0.339 e. The van der Waals surface area contributed by atoms with Gasteiger partial charge in [-0.3, -0.25) is 0 Å². The van der Waals surface area contributed by atoms with Crippen molar-refractivity contribution in [3.8, 4) is 11.5 Å². The van der Waals surface area contributed by atoms with Gasteiger partial charge in [0.05, 0.1) is 5.56 Å². The van der Waals surface area contributed by atoms with Crippen molar-refractivity contribution < 1.29 is 29.3 Å². The van der Waals surface area contributed by atoms with E-state index in [0.717, 1.165) is 6.07 Å². The summed E-state index contributed by atoms with van der Waals surface area (Å²) in [6.07, 6.45) is 0. The highest BCUT2D eigenvalue weighted by molar-refractivity contribution is 5.95. The summed E-state index contributed by atoms with van der Waals surface area (Å²) in [5.74, 6) is -1.65. The molecule has 2 aromatic rings. The summed E-state index contributed by atoms with van der Waals surface area (Å²) in [6.45, 7) is 0.380. The summed E-state index contributed by atoms with van der Waals surface area (Å²) < 4.78 is 10.8. The van der Waals surface area contributed by atoms with Gasteiger partial charge in [0.15, 0.2) is 0 Å². The second-order valence-corrected chi connectivity index (χ2v) is 4.33. The Bertz CT molecular complexity index is 666. The highest BCUT2D eigenvalue weighted by atomic mass is 16.5. The largest absolute Gasteiger partial charge is 0.490 e. The van der Waals surface area contributed by atoms with Gasteiger partial charge in [0.1, 0.15) is 30.3 Å². The van der Waals surface area contributed by atoms with Gasteiger partial charge in [0, 0.05) is 0 Å². The first-order chi connectivity index (χ1) is 10.6. The van der Waals surface area contributed by atoms with Crippen molar-refractivity contribution in [2.24, 2.45) is 0 Å². The van der Waals surface area contributed by atoms with Crippen LogP contribution in [0.3, 0.4) is 0 Å². The standard InChI is InChI=1S/C16H14O6/c17-15(18)11-6-7-14(13(10-11)16(19)20)22-9-8-21-12-4-2-1-3-5-12/h1-7,10H,8-9H2,(H,17,18)(H,19,20). The third kappa shape index (κ3) is 3.99. The number of carboxylic acid groups (broad SMARTS) is 2. The molecule has 0 saturated heterocycles. The molecule has 2 aromatic carbocycles. The van der Waals surface area contributed by atoms with Crippen LogP contribution in [0.15, 0.2) is 48.5 Å². The Labute approximate surface area is 126 Å². The average molecular weight is 302 g/mol. The van der Waals surface area contributed by atoms with Gasteiger partial charge >= 0.3 is 11.9 Å². The Hall–Kier alpha value is -3.02. The summed E-state index contributed by atoms with van der Waals surface area (Å²) in [4.78, 5) is 22.0. The predicted molar refractivity (Wildman–Crippen MR) is 77.8 cm³/mol. The maximum absolute atomic E-state index is 11.1. The Morgan fingerprint density at radius 1 is 0.864 bits per heavy atom. The van der Waals surface area contributed by atoms with Crippen LogP contribution in [0.1, 0.15) is 20.7 Å². The van der Waals surface area contributed by atoms with Gasteiger partial charge in [-0.15, -0.1) is 0 Å². The predicted octanol–water partition coefficient (Wildman–Crippen LogP) is 2.54. The normalized spacial score (nSPS) is 10.0. The highest BCUT2D eigenvalue weighted by Gasteiger charge is 2.15. The molecule has 0 heterocycles. The number of carbonyl (C=O) groups is 2. The number of benzene rings is 2. The van der Waals surface area contributed by atoms with E-state index >= 15 is 0 Å². The zero-order valence-electron chi connectivity index (χ0n) is 11.6. The molecule has 6 heteroatoms. The number of carboxylic acids is 2. The Morgan fingerprint density at radius 3 is 2.18 bits per heavy atom. The Balaban J connectivity index is 1.97. The van der Waals surface area contributed by atoms with Crippen LogP contribution < -0.4 is 9.47 Å². The fourth-order valence-electron chi connectivity index (χ4n) is 1.78. The van der Waals surface area contributed by atoms with E-state index in [9.17, 15) is 9.59 Å². The molecule has 0 atom stereocenters. The maximum atomic E-state index is 11.1. The van der Waals surface area contributed by atoms with Crippen LogP contribution in [-0.2, 0) is 0 Å². The number of para-hydroxylation sites is 1. The average Bonchev–Trinajstić information content (AvgIpc) is 2.52. The molecule has 0 saturated carbocycles. The maximum Gasteiger partial charge on any atom is 0.339 e. The quantitative estimate of drug-likeness (QED) is 0.763. The van der Waals surface area contributed by atoms with Gasteiger partial charge in [0.25, 0.3) is 0 Å². The minimum atomic E-state index is -1.25. The van der Waals surface area contributed by atoms with E-state index < -0.39 is 11.9 Å². The van der Waals surface area contributed by atoms with Gasteiger partial charge in [-0.05, 0) is 30.3 Å². The van der Waals surface area contributed by atoms with Crippen molar-refractivity contribution >= 4 is 11.9 Å². The minimum Gasteiger partial charge on any atom is -0.490 e. The van der Waals surface area contributed by atoms with Crippen LogP contribution in [-0.4, -0.2) is 35.4 Å². The lowest BCUT2D eigenvalue weighted by molar-refractivity contribution is 0.0691. The summed E-state index contributed by atoms with van der Waals surface area (Å²) in [5, 5.41) is 18.0. The minimum absolute atomic E-state index is 0.106. The third-order valence-corrected chi connectivity index (χ3v) is 2.81. The molecule has 2 N–H and O–H groups in total. The van der Waals surface area contributed by atoms with E-state index in [0.29, 0.717) is 5.75 Å². The monoisotopic (exact) mass is 302 g/mol. The Kier molecular flexibility index (Phi) is 4.98. The lowest BCUT2D eigenvalue weighted by Gasteiger charge is -2.11. The second kappa shape index (κ2) is 7.12. The molecular formula is C16H14O6. The molecule has 0 fully saturated rings. The zero-order chi connectivity index (χ0) is 15.9. The molecule has 0 aliphatic carbocycles. The molecule has 0 bridgehead atoms. The van der Waals surface area contributed by atoms with E-state index in [4.69, 9.17) is 19.7 Å². The van der Waals surface area contributed by atoms with Crippen LogP contribution in [0.2, 0.25) is 0 Å². The molecule has 0 unspecified atom stereocenters. The molecule has 6 nitrogen and oxygen atoms in total. The molecular weight excluding hydrogens is 288 g/mol. The molecule has 0 spiro atoms. The Morgan fingerprint density at radius 2 is 1.55 bits per heavy atom. The lowest BCUT2D eigenvalue weighted by Crippen LogP contribution is -2.12. The van der Waals surface area contributed by atoms with Crippen molar-refractivity contribution in [3.05, 3.63) is 59.7 Å². The number of aromatic carboxylic acids is 2. The number of hydrogen-bond acceptors (Lipinski definition) is 4.